The molecule has 1 aliphatic carbocycles. The maximum atomic E-state index is 12.8. The molecule has 3 aromatic heterocycles. The van der Waals surface area contributed by atoms with Crippen LogP contribution in [0.1, 0.15) is 36.0 Å². The number of carbonyl (C=O) groups is 1. The molecule has 49 heavy (non-hydrogen) atoms. The summed E-state index contributed by atoms with van der Waals surface area (Å²) in [5, 5.41) is 18.0. The van der Waals surface area contributed by atoms with E-state index in [4.69, 9.17) is 21.3 Å². The van der Waals surface area contributed by atoms with Crippen LogP contribution in [0, 0.1) is 6.92 Å². The quantitative estimate of drug-likeness (QED) is 0.159. The van der Waals surface area contributed by atoms with Gasteiger partial charge >= 0.3 is 6.03 Å². The number of hydrogen-bond acceptors (Lipinski definition) is 8. The number of methoxy groups -OCH3 is 1. The summed E-state index contributed by atoms with van der Waals surface area (Å²) in [6, 6.07) is 16.2. The Bertz CT molecular complexity index is 2060. The highest BCUT2D eigenvalue weighted by Crippen LogP contribution is 2.41. The average molecular weight is 681 g/mol. The van der Waals surface area contributed by atoms with Gasteiger partial charge < -0.3 is 26.0 Å². The van der Waals surface area contributed by atoms with Crippen LogP contribution in [0.4, 0.5) is 16.3 Å². The Hall–Kier alpha value is -5.00. The maximum absolute atomic E-state index is 12.8. The van der Waals surface area contributed by atoms with Crippen LogP contribution >= 0.6 is 11.6 Å². The molecule has 7 rings (SSSR count). The molecule has 0 spiro atoms. The number of amides is 2. The third kappa shape index (κ3) is 7.23. The highest BCUT2D eigenvalue weighted by atomic mass is 35.5. The summed E-state index contributed by atoms with van der Waals surface area (Å²) in [6.45, 7) is 3.80. The molecule has 1 unspecified atom stereocenters. The van der Waals surface area contributed by atoms with Crippen molar-refractivity contribution in [3.63, 3.8) is 0 Å². The summed E-state index contributed by atoms with van der Waals surface area (Å²) in [6.07, 6.45) is 8.51. The molecular formula is C37H41ClN8O3. The zero-order valence-electron chi connectivity index (χ0n) is 28.2. The van der Waals surface area contributed by atoms with Gasteiger partial charge in [0.2, 0.25) is 5.88 Å². The Morgan fingerprint density at radius 2 is 1.88 bits per heavy atom. The third-order valence-corrected chi connectivity index (χ3v) is 9.52. The van der Waals surface area contributed by atoms with Crippen molar-refractivity contribution in [2.45, 2.75) is 45.1 Å². The Balaban J connectivity index is 0.000000324. The fourth-order valence-electron chi connectivity index (χ4n) is 6.45. The molecule has 0 radical (unpaired) electrons. The lowest BCUT2D eigenvalue weighted by atomic mass is 9.96. The number of benzene rings is 2. The molecular weight excluding hydrogens is 640 g/mol. The van der Waals surface area contributed by atoms with Gasteiger partial charge in [0.15, 0.2) is 0 Å². The molecule has 2 aromatic carbocycles. The van der Waals surface area contributed by atoms with E-state index in [9.17, 15) is 9.59 Å². The van der Waals surface area contributed by atoms with E-state index in [1.165, 1.54) is 15.8 Å². The number of anilines is 2. The molecule has 254 valence electrons. The van der Waals surface area contributed by atoms with E-state index < -0.39 is 0 Å². The number of pyridine rings is 2. The fourth-order valence-corrected chi connectivity index (χ4v) is 6.77. The van der Waals surface area contributed by atoms with Crippen LogP contribution in [0.15, 0.2) is 65.7 Å². The van der Waals surface area contributed by atoms with Crippen LogP contribution in [0.25, 0.3) is 33.2 Å². The molecule has 12 heteroatoms. The van der Waals surface area contributed by atoms with Crippen LogP contribution in [-0.2, 0) is 19.9 Å². The number of nitrogens with one attached hydrogen (secondary N) is 4. The summed E-state index contributed by atoms with van der Waals surface area (Å²) in [5.74, 6) is 1.17. The van der Waals surface area contributed by atoms with Crippen LogP contribution < -0.4 is 31.6 Å². The SMILES string of the molecule is CNCCC1CCNC(=O)N1.COc1nc(-c2cccc(-c3cccc(Nc4nccc5cnn(C)c(=O)c45)c3C)c2Cl)cc2c1CCC2. The monoisotopic (exact) mass is 680 g/mol. The number of urea groups is 1. The second-order valence-electron chi connectivity index (χ2n) is 12.3. The highest BCUT2D eigenvalue weighted by Gasteiger charge is 2.21. The lowest BCUT2D eigenvalue weighted by Gasteiger charge is -2.23. The van der Waals surface area contributed by atoms with Gasteiger partial charge in [0.1, 0.15) is 5.82 Å². The zero-order chi connectivity index (χ0) is 34.5. The number of aryl methyl sites for hydroxylation is 2. The van der Waals surface area contributed by atoms with Gasteiger partial charge in [-0.3, -0.25) is 4.79 Å². The lowest BCUT2D eigenvalue weighted by molar-refractivity contribution is 0.227. The smallest absolute Gasteiger partial charge is 0.315 e. The Kier molecular flexibility index (Phi) is 10.4. The van der Waals surface area contributed by atoms with Crippen molar-refractivity contribution in [2.24, 2.45) is 7.05 Å². The van der Waals surface area contributed by atoms with E-state index in [0.717, 1.165) is 84.2 Å². The number of halogens is 1. The van der Waals surface area contributed by atoms with Gasteiger partial charge in [0.05, 0.1) is 29.4 Å². The molecule has 1 saturated heterocycles. The molecule has 2 aliphatic rings. The van der Waals surface area contributed by atoms with Crippen molar-refractivity contribution in [1.82, 2.24) is 35.7 Å². The van der Waals surface area contributed by atoms with Crippen molar-refractivity contribution >= 4 is 39.9 Å². The Morgan fingerprint density at radius 3 is 2.67 bits per heavy atom. The first-order chi connectivity index (χ1) is 23.8. The van der Waals surface area contributed by atoms with Crippen molar-refractivity contribution in [1.29, 1.82) is 0 Å². The minimum Gasteiger partial charge on any atom is -0.481 e. The number of hydrogen-bond donors (Lipinski definition) is 4. The van der Waals surface area contributed by atoms with Crippen LogP contribution in [0.5, 0.6) is 5.88 Å². The number of fused-ring (bicyclic) bond motifs is 2. The molecule has 1 aliphatic heterocycles. The third-order valence-electron chi connectivity index (χ3n) is 9.11. The van der Waals surface area contributed by atoms with Crippen molar-refractivity contribution in [2.75, 3.05) is 32.6 Å². The zero-order valence-corrected chi connectivity index (χ0v) is 28.9. The largest absolute Gasteiger partial charge is 0.481 e. The molecule has 2 amide bonds. The summed E-state index contributed by atoms with van der Waals surface area (Å²) in [7, 11) is 5.22. The summed E-state index contributed by atoms with van der Waals surface area (Å²) in [4.78, 5) is 32.9. The van der Waals surface area contributed by atoms with Gasteiger partial charge in [-0.15, -0.1) is 0 Å². The average Bonchev–Trinajstić information content (AvgIpc) is 3.59. The minimum atomic E-state index is -0.208. The number of nitrogens with zero attached hydrogens (tertiary/aromatic N) is 4. The van der Waals surface area contributed by atoms with E-state index in [0.29, 0.717) is 28.1 Å². The predicted molar refractivity (Wildman–Crippen MR) is 195 cm³/mol. The first kappa shape index (κ1) is 33.9. The standard InChI is InChI=1S/C30H26ClN5O2.C7H15N3O/c1-17-20(8-6-12-24(17)34-28-26-19(13-14-32-28)16-33-36(2)30(26)37)22-10-5-11-23(27(22)31)25-15-18-7-4-9-21(18)29(35-25)38-3;1-8-4-2-6-3-5-9-7(11)10-6/h5-6,8,10-16H,4,7,9H2,1-3H3,(H,32,34);6,8H,2-5H2,1H3,(H2,9,10,11). The topological polar surface area (TPSA) is 135 Å². The molecule has 0 bridgehead atoms. The van der Waals surface area contributed by atoms with Gasteiger partial charge in [-0.25, -0.2) is 19.4 Å². The molecule has 4 heterocycles. The summed E-state index contributed by atoms with van der Waals surface area (Å²) >= 11 is 7.06. The first-order valence-electron chi connectivity index (χ1n) is 16.5. The van der Waals surface area contributed by atoms with E-state index in [1.54, 1.807) is 32.6 Å². The highest BCUT2D eigenvalue weighted by molar-refractivity contribution is 6.36. The van der Waals surface area contributed by atoms with Crippen LogP contribution in [-0.4, -0.2) is 59.1 Å². The number of aromatic nitrogens is 4. The summed E-state index contributed by atoms with van der Waals surface area (Å²) < 4.78 is 6.93. The normalized spacial score (nSPS) is 15.1. The van der Waals surface area contributed by atoms with E-state index in [-0.39, 0.29) is 11.6 Å². The van der Waals surface area contributed by atoms with Crippen molar-refractivity contribution in [3.05, 3.63) is 93.0 Å². The van der Waals surface area contributed by atoms with E-state index >= 15 is 0 Å². The molecule has 1 fully saturated rings. The molecule has 11 nitrogen and oxygen atoms in total. The predicted octanol–water partition coefficient (Wildman–Crippen LogP) is 5.93. The molecule has 5 aromatic rings. The van der Waals surface area contributed by atoms with Crippen molar-refractivity contribution < 1.29 is 9.53 Å². The van der Waals surface area contributed by atoms with Crippen molar-refractivity contribution in [3.8, 4) is 28.3 Å². The fraction of sp³-hybridized carbons (Fsp3) is 0.324. The summed E-state index contributed by atoms with van der Waals surface area (Å²) in [5.41, 5.74) is 7.64. The second kappa shape index (κ2) is 15.0. The van der Waals surface area contributed by atoms with Crippen LogP contribution in [0.2, 0.25) is 5.02 Å². The van der Waals surface area contributed by atoms with Gasteiger partial charge in [0.25, 0.3) is 5.56 Å². The lowest BCUT2D eigenvalue weighted by Crippen LogP contribution is -2.49. The molecule has 1 atom stereocenters. The van der Waals surface area contributed by atoms with Gasteiger partial charge in [0, 0.05) is 53.6 Å². The minimum absolute atomic E-state index is 0.0302. The van der Waals surface area contributed by atoms with E-state index in [1.807, 2.05) is 50.4 Å². The van der Waals surface area contributed by atoms with Crippen LogP contribution in [0.3, 0.4) is 0 Å². The first-order valence-corrected chi connectivity index (χ1v) is 16.9. The number of rotatable bonds is 8. The number of carbonyl (C=O) groups excluding carboxylic acids is 1. The molecule has 0 saturated carbocycles. The van der Waals surface area contributed by atoms with Gasteiger partial charge in [-0.2, -0.15) is 5.10 Å². The van der Waals surface area contributed by atoms with Gasteiger partial charge in [-0.05, 0) is 87.5 Å². The maximum Gasteiger partial charge on any atom is 0.315 e. The Morgan fingerprint density at radius 1 is 1.08 bits per heavy atom. The number of ether oxygens (including phenoxy) is 1. The van der Waals surface area contributed by atoms with E-state index in [2.05, 4.69) is 37.4 Å². The van der Waals surface area contributed by atoms with Gasteiger partial charge in [-0.1, -0.05) is 41.9 Å². The second-order valence-corrected chi connectivity index (χ2v) is 12.6. The Labute approximate surface area is 290 Å². The molecule has 4 N–H and O–H groups in total.